The van der Waals surface area contributed by atoms with Crippen LogP contribution < -0.4 is 20.7 Å². The number of methoxy groups -OCH3 is 1. The van der Waals surface area contributed by atoms with E-state index in [1.165, 1.54) is 0 Å². The number of amides is 1. The lowest BCUT2D eigenvalue weighted by molar-refractivity contribution is -0.122. The van der Waals surface area contributed by atoms with Gasteiger partial charge < -0.3 is 25.4 Å². The number of carbonyl (C=O) groups is 1. The predicted molar refractivity (Wildman–Crippen MR) is 104 cm³/mol. The standard InChI is InChI=1S/C19H30N4O3/c1-3-20-19(22-11-10-21-18(24)15-8-9-15)23-16-6-4-7-17(14-16)26-13-5-12-25-2/h4,6-7,14-15H,3,5,8-13H2,1-2H3,(H,21,24)(H2,20,22,23). The van der Waals surface area contributed by atoms with Crippen LogP contribution in [0.3, 0.4) is 0 Å². The van der Waals surface area contributed by atoms with Crippen molar-refractivity contribution in [1.29, 1.82) is 0 Å². The van der Waals surface area contributed by atoms with Gasteiger partial charge >= 0.3 is 0 Å². The molecule has 1 aromatic carbocycles. The van der Waals surface area contributed by atoms with E-state index in [1.807, 2.05) is 31.2 Å². The van der Waals surface area contributed by atoms with E-state index in [4.69, 9.17) is 9.47 Å². The quantitative estimate of drug-likeness (QED) is 0.319. The first-order valence-electron chi connectivity index (χ1n) is 9.27. The number of carbonyl (C=O) groups excluding carboxylic acids is 1. The fourth-order valence-corrected chi connectivity index (χ4v) is 2.34. The minimum absolute atomic E-state index is 0.150. The van der Waals surface area contributed by atoms with Crippen LogP contribution in [0.2, 0.25) is 0 Å². The van der Waals surface area contributed by atoms with Crippen molar-refractivity contribution in [3.8, 4) is 5.75 Å². The smallest absolute Gasteiger partial charge is 0.223 e. The molecule has 0 bridgehead atoms. The normalized spacial score (nSPS) is 14.0. The van der Waals surface area contributed by atoms with Crippen molar-refractivity contribution in [3.63, 3.8) is 0 Å². The van der Waals surface area contributed by atoms with Gasteiger partial charge in [-0.2, -0.15) is 0 Å². The second kappa shape index (κ2) is 11.4. The molecule has 0 unspecified atom stereocenters. The number of guanidine groups is 1. The Morgan fingerprint density at radius 3 is 2.85 bits per heavy atom. The Balaban J connectivity index is 1.81. The lowest BCUT2D eigenvalue weighted by Gasteiger charge is -2.13. The monoisotopic (exact) mass is 362 g/mol. The summed E-state index contributed by atoms with van der Waals surface area (Å²) in [7, 11) is 1.68. The lowest BCUT2D eigenvalue weighted by Crippen LogP contribution is -2.32. The van der Waals surface area contributed by atoms with Crippen LogP contribution in [-0.4, -0.2) is 51.8 Å². The first kappa shape index (κ1) is 20.0. The largest absolute Gasteiger partial charge is 0.493 e. The molecule has 3 N–H and O–H groups in total. The summed E-state index contributed by atoms with van der Waals surface area (Å²) in [6, 6.07) is 7.77. The first-order valence-corrected chi connectivity index (χ1v) is 9.27. The molecule has 26 heavy (non-hydrogen) atoms. The van der Waals surface area contributed by atoms with E-state index in [0.29, 0.717) is 32.3 Å². The fraction of sp³-hybridized carbons (Fsp3) is 0.579. The van der Waals surface area contributed by atoms with E-state index in [0.717, 1.165) is 37.2 Å². The number of nitrogens with one attached hydrogen (secondary N) is 3. The highest BCUT2D eigenvalue weighted by Crippen LogP contribution is 2.28. The number of ether oxygens (including phenoxy) is 2. The van der Waals surface area contributed by atoms with Crippen LogP contribution in [0.1, 0.15) is 26.2 Å². The van der Waals surface area contributed by atoms with E-state index in [-0.39, 0.29) is 11.8 Å². The maximum absolute atomic E-state index is 11.6. The summed E-state index contributed by atoms with van der Waals surface area (Å²) in [5, 5.41) is 9.39. The predicted octanol–water partition coefficient (Wildman–Crippen LogP) is 2.01. The molecule has 1 amide bonds. The maximum Gasteiger partial charge on any atom is 0.223 e. The first-order chi connectivity index (χ1) is 12.7. The summed E-state index contributed by atoms with van der Waals surface area (Å²) in [6.07, 6.45) is 2.89. The molecule has 1 aliphatic carbocycles. The molecule has 0 aromatic heterocycles. The number of hydrogen-bond acceptors (Lipinski definition) is 4. The van der Waals surface area contributed by atoms with E-state index in [1.54, 1.807) is 7.11 Å². The summed E-state index contributed by atoms with van der Waals surface area (Å²) in [5.74, 6) is 1.87. The van der Waals surface area contributed by atoms with Gasteiger partial charge in [-0.05, 0) is 31.9 Å². The summed E-state index contributed by atoms with van der Waals surface area (Å²) in [4.78, 5) is 16.1. The van der Waals surface area contributed by atoms with Gasteiger partial charge in [0.2, 0.25) is 5.91 Å². The second-order valence-electron chi connectivity index (χ2n) is 6.17. The van der Waals surface area contributed by atoms with Gasteiger partial charge in [-0.3, -0.25) is 9.79 Å². The third kappa shape index (κ3) is 7.74. The molecule has 144 valence electrons. The number of rotatable bonds is 11. The Bertz CT molecular complexity index is 588. The number of nitrogens with zero attached hydrogens (tertiary/aromatic N) is 1. The van der Waals surface area contributed by atoms with Gasteiger partial charge in [0.25, 0.3) is 0 Å². The van der Waals surface area contributed by atoms with Gasteiger partial charge in [-0.15, -0.1) is 0 Å². The van der Waals surface area contributed by atoms with E-state index in [2.05, 4.69) is 20.9 Å². The van der Waals surface area contributed by atoms with Crippen LogP contribution >= 0.6 is 0 Å². The zero-order chi connectivity index (χ0) is 18.6. The van der Waals surface area contributed by atoms with E-state index >= 15 is 0 Å². The van der Waals surface area contributed by atoms with Crippen molar-refractivity contribution < 1.29 is 14.3 Å². The van der Waals surface area contributed by atoms with Gasteiger partial charge in [0, 0.05) is 50.9 Å². The Morgan fingerprint density at radius 1 is 1.27 bits per heavy atom. The van der Waals surface area contributed by atoms with Gasteiger partial charge in [0.05, 0.1) is 13.2 Å². The van der Waals surface area contributed by atoms with Gasteiger partial charge in [-0.1, -0.05) is 6.07 Å². The van der Waals surface area contributed by atoms with Crippen LogP contribution in [0.5, 0.6) is 5.75 Å². The van der Waals surface area contributed by atoms with Crippen molar-refractivity contribution in [2.75, 3.05) is 45.3 Å². The second-order valence-corrected chi connectivity index (χ2v) is 6.17. The Kier molecular flexibility index (Phi) is 8.75. The van der Waals surface area contributed by atoms with Crippen molar-refractivity contribution >= 4 is 17.6 Å². The van der Waals surface area contributed by atoms with Crippen LogP contribution in [0, 0.1) is 5.92 Å². The van der Waals surface area contributed by atoms with Crippen molar-refractivity contribution in [1.82, 2.24) is 10.6 Å². The van der Waals surface area contributed by atoms with E-state index < -0.39 is 0 Å². The molecule has 7 nitrogen and oxygen atoms in total. The SMILES string of the molecule is CCNC(=NCCNC(=O)C1CC1)Nc1cccc(OCCCOC)c1. The molecule has 1 aliphatic rings. The molecule has 0 atom stereocenters. The minimum atomic E-state index is 0.150. The van der Waals surface area contributed by atoms with Crippen LogP contribution in [0.15, 0.2) is 29.3 Å². The average Bonchev–Trinajstić information content (AvgIpc) is 3.48. The van der Waals surface area contributed by atoms with Crippen molar-refractivity contribution in [3.05, 3.63) is 24.3 Å². The van der Waals surface area contributed by atoms with Crippen molar-refractivity contribution in [2.24, 2.45) is 10.9 Å². The average molecular weight is 362 g/mol. The highest BCUT2D eigenvalue weighted by atomic mass is 16.5. The summed E-state index contributed by atoms with van der Waals surface area (Å²) >= 11 is 0. The summed E-state index contributed by atoms with van der Waals surface area (Å²) in [6.45, 7) is 5.16. The van der Waals surface area contributed by atoms with E-state index in [9.17, 15) is 4.79 Å². The molecule has 0 radical (unpaired) electrons. The third-order valence-electron chi connectivity index (χ3n) is 3.83. The van der Waals surface area contributed by atoms with Crippen LogP contribution in [-0.2, 0) is 9.53 Å². The van der Waals surface area contributed by atoms with Crippen LogP contribution in [0.4, 0.5) is 5.69 Å². The third-order valence-corrected chi connectivity index (χ3v) is 3.83. The van der Waals surface area contributed by atoms with Crippen LogP contribution in [0.25, 0.3) is 0 Å². The maximum atomic E-state index is 11.6. The topological polar surface area (TPSA) is 84.0 Å². The molecule has 2 rings (SSSR count). The Morgan fingerprint density at radius 2 is 2.12 bits per heavy atom. The fourth-order valence-electron chi connectivity index (χ4n) is 2.34. The van der Waals surface area contributed by atoms with Gasteiger partial charge in [-0.25, -0.2) is 0 Å². The molecule has 1 saturated carbocycles. The molecule has 0 saturated heterocycles. The zero-order valence-electron chi connectivity index (χ0n) is 15.7. The molecule has 0 aliphatic heterocycles. The molecule has 0 spiro atoms. The molecule has 7 heteroatoms. The molecular formula is C19H30N4O3. The minimum Gasteiger partial charge on any atom is -0.493 e. The Hall–Kier alpha value is -2.28. The number of benzene rings is 1. The van der Waals surface area contributed by atoms with Gasteiger partial charge in [0.15, 0.2) is 5.96 Å². The summed E-state index contributed by atoms with van der Waals surface area (Å²) in [5.41, 5.74) is 0.899. The zero-order valence-corrected chi connectivity index (χ0v) is 15.7. The lowest BCUT2D eigenvalue weighted by atomic mass is 10.3. The number of aliphatic imine (C=N–C) groups is 1. The van der Waals surface area contributed by atoms with Crippen molar-refractivity contribution in [2.45, 2.75) is 26.2 Å². The van der Waals surface area contributed by atoms with Gasteiger partial charge in [0.1, 0.15) is 5.75 Å². The highest BCUT2D eigenvalue weighted by Gasteiger charge is 2.28. The molecule has 1 aromatic rings. The number of anilines is 1. The molecule has 0 heterocycles. The number of hydrogen-bond donors (Lipinski definition) is 3. The molecule has 1 fully saturated rings. The molecular weight excluding hydrogens is 332 g/mol. The Labute approximate surface area is 155 Å². The highest BCUT2D eigenvalue weighted by molar-refractivity contribution is 5.93. The summed E-state index contributed by atoms with van der Waals surface area (Å²) < 4.78 is 10.7.